The van der Waals surface area contributed by atoms with Gasteiger partial charge in [0.2, 0.25) is 0 Å². The van der Waals surface area contributed by atoms with Gasteiger partial charge in [0.05, 0.1) is 19.2 Å². The van der Waals surface area contributed by atoms with Gasteiger partial charge in [-0.2, -0.15) is 0 Å². The molecule has 0 amide bonds. The van der Waals surface area contributed by atoms with E-state index in [2.05, 4.69) is 6.92 Å². The van der Waals surface area contributed by atoms with E-state index in [1.807, 2.05) is 0 Å². The molecule has 0 aliphatic heterocycles. The Labute approximate surface area is 113 Å². The molecule has 4 heteroatoms. The summed E-state index contributed by atoms with van der Waals surface area (Å²) in [6.45, 7) is 2.11. The number of halogens is 1. The lowest BCUT2D eigenvalue weighted by molar-refractivity contribution is 0.0979. The molecule has 100 valence electrons. The summed E-state index contributed by atoms with van der Waals surface area (Å²) in [6, 6.07) is 3.32. The third-order valence-electron chi connectivity index (χ3n) is 2.76. The van der Waals surface area contributed by atoms with Gasteiger partial charge in [-0.25, -0.2) is 0 Å². The molecule has 0 saturated carbocycles. The number of ether oxygens (including phenoxy) is 2. The molecular weight excluding hydrogens is 252 g/mol. The minimum absolute atomic E-state index is 0.0892. The van der Waals surface area contributed by atoms with E-state index < -0.39 is 0 Å². The molecule has 1 aromatic carbocycles. The van der Waals surface area contributed by atoms with Crippen molar-refractivity contribution in [3.63, 3.8) is 0 Å². The quantitative estimate of drug-likeness (QED) is 0.552. The van der Waals surface area contributed by atoms with Crippen LogP contribution >= 0.6 is 11.6 Å². The van der Waals surface area contributed by atoms with Crippen LogP contribution in [0.25, 0.3) is 0 Å². The Morgan fingerprint density at radius 2 is 1.94 bits per heavy atom. The van der Waals surface area contributed by atoms with Crippen molar-refractivity contribution < 1.29 is 14.3 Å². The van der Waals surface area contributed by atoms with E-state index in [-0.39, 0.29) is 5.78 Å². The lowest BCUT2D eigenvalue weighted by atomic mass is 10.0. The molecule has 0 fully saturated rings. The molecule has 0 heterocycles. The third-order valence-corrected chi connectivity index (χ3v) is 3.04. The van der Waals surface area contributed by atoms with Gasteiger partial charge in [-0.3, -0.25) is 4.79 Å². The van der Waals surface area contributed by atoms with Gasteiger partial charge in [0.15, 0.2) is 17.3 Å². The summed E-state index contributed by atoms with van der Waals surface area (Å²) in [7, 11) is 3.05. The minimum atomic E-state index is 0.0892. The molecule has 0 unspecified atom stereocenters. The van der Waals surface area contributed by atoms with Crippen molar-refractivity contribution in [2.24, 2.45) is 0 Å². The molecule has 18 heavy (non-hydrogen) atoms. The van der Waals surface area contributed by atoms with Crippen LogP contribution in [0.15, 0.2) is 12.1 Å². The smallest absolute Gasteiger partial charge is 0.179 e. The lowest BCUT2D eigenvalue weighted by Gasteiger charge is -2.11. The van der Waals surface area contributed by atoms with Gasteiger partial charge in [-0.1, -0.05) is 31.4 Å². The molecule has 0 aromatic heterocycles. The Morgan fingerprint density at radius 3 is 2.50 bits per heavy atom. The normalized spacial score (nSPS) is 10.2. The number of unbranched alkanes of at least 4 members (excludes halogenated alkanes) is 2. The molecule has 1 rings (SSSR count). The zero-order chi connectivity index (χ0) is 13.5. The summed E-state index contributed by atoms with van der Waals surface area (Å²) in [5.74, 6) is 1.04. The highest BCUT2D eigenvalue weighted by atomic mass is 35.5. The van der Waals surface area contributed by atoms with Crippen molar-refractivity contribution in [3.8, 4) is 11.5 Å². The molecule has 0 radical (unpaired) electrons. The van der Waals surface area contributed by atoms with Crippen LogP contribution in [0.5, 0.6) is 11.5 Å². The maximum Gasteiger partial charge on any atom is 0.179 e. The Bertz CT molecular complexity index is 416. The summed E-state index contributed by atoms with van der Waals surface area (Å²) in [4.78, 5) is 12.0. The Morgan fingerprint density at radius 1 is 1.22 bits per heavy atom. The van der Waals surface area contributed by atoms with E-state index in [1.165, 1.54) is 14.2 Å². The van der Waals surface area contributed by atoms with E-state index in [9.17, 15) is 4.79 Å². The van der Waals surface area contributed by atoms with Crippen molar-refractivity contribution in [3.05, 3.63) is 22.7 Å². The highest BCUT2D eigenvalue weighted by Crippen LogP contribution is 2.36. The fourth-order valence-electron chi connectivity index (χ4n) is 1.76. The Hall–Kier alpha value is -1.22. The molecule has 0 saturated heterocycles. The molecule has 0 aliphatic rings. The second kappa shape index (κ2) is 7.27. The molecule has 0 N–H and O–H groups in total. The summed E-state index contributed by atoms with van der Waals surface area (Å²) < 4.78 is 10.3. The summed E-state index contributed by atoms with van der Waals surface area (Å²) in [6.07, 6.45) is 3.60. The van der Waals surface area contributed by atoms with Gasteiger partial charge in [0.25, 0.3) is 0 Å². The van der Waals surface area contributed by atoms with Crippen LogP contribution in [0.3, 0.4) is 0 Å². The fourth-order valence-corrected chi connectivity index (χ4v) is 2.05. The molecule has 0 atom stereocenters. The predicted molar refractivity (Wildman–Crippen MR) is 73.0 cm³/mol. The van der Waals surface area contributed by atoms with E-state index in [1.54, 1.807) is 12.1 Å². The number of hydrogen-bond acceptors (Lipinski definition) is 3. The van der Waals surface area contributed by atoms with Crippen molar-refractivity contribution in [1.82, 2.24) is 0 Å². The van der Waals surface area contributed by atoms with Crippen LogP contribution in [-0.4, -0.2) is 20.0 Å². The van der Waals surface area contributed by atoms with Crippen LogP contribution in [0.1, 0.15) is 43.0 Å². The van der Waals surface area contributed by atoms with Crippen molar-refractivity contribution in [2.75, 3.05) is 14.2 Å². The molecule has 3 nitrogen and oxygen atoms in total. The number of rotatable bonds is 7. The van der Waals surface area contributed by atoms with Crippen LogP contribution in [-0.2, 0) is 0 Å². The highest BCUT2D eigenvalue weighted by molar-refractivity contribution is 6.32. The van der Waals surface area contributed by atoms with Crippen LogP contribution in [0.4, 0.5) is 0 Å². The first-order valence-corrected chi connectivity index (χ1v) is 6.46. The highest BCUT2D eigenvalue weighted by Gasteiger charge is 2.14. The minimum Gasteiger partial charge on any atom is -0.493 e. The maximum absolute atomic E-state index is 12.0. The fraction of sp³-hybridized carbons (Fsp3) is 0.500. The van der Waals surface area contributed by atoms with Crippen LogP contribution in [0.2, 0.25) is 5.02 Å². The standard InChI is InChI=1S/C14H19ClO3/c1-4-5-6-7-12(16)10-8-11(15)14(18-3)13(9-10)17-2/h8-9H,4-7H2,1-3H3. The third kappa shape index (κ3) is 3.64. The average Bonchev–Trinajstić information content (AvgIpc) is 2.37. The van der Waals surface area contributed by atoms with Gasteiger partial charge in [0.1, 0.15) is 0 Å². The SMILES string of the molecule is CCCCCC(=O)c1cc(Cl)c(OC)c(OC)c1. The number of hydrogen-bond donors (Lipinski definition) is 0. The molecule has 1 aromatic rings. The number of Topliss-reactive ketones (excluding diaryl/α,β-unsaturated/α-hetero) is 1. The number of benzene rings is 1. The number of carbonyl (C=O) groups is 1. The topological polar surface area (TPSA) is 35.5 Å². The summed E-state index contributed by atoms with van der Waals surface area (Å²) in [5.41, 5.74) is 0.578. The Kier molecular flexibility index (Phi) is 5.99. The summed E-state index contributed by atoms with van der Waals surface area (Å²) in [5, 5.41) is 0.399. The largest absolute Gasteiger partial charge is 0.493 e. The zero-order valence-corrected chi connectivity index (χ0v) is 11.8. The van der Waals surface area contributed by atoms with Gasteiger partial charge in [0, 0.05) is 12.0 Å². The van der Waals surface area contributed by atoms with Gasteiger partial charge in [-0.05, 0) is 18.6 Å². The lowest BCUT2D eigenvalue weighted by Crippen LogP contribution is -2.01. The first kappa shape index (κ1) is 14.8. The van der Waals surface area contributed by atoms with Gasteiger partial charge >= 0.3 is 0 Å². The van der Waals surface area contributed by atoms with E-state index in [4.69, 9.17) is 21.1 Å². The first-order chi connectivity index (χ1) is 8.63. The van der Waals surface area contributed by atoms with Gasteiger partial charge in [-0.15, -0.1) is 0 Å². The van der Waals surface area contributed by atoms with E-state index in [0.29, 0.717) is 28.5 Å². The van der Waals surface area contributed by atoms with Crippen molar-refractivity contribution >= 4 is 17.4 Å². The maximum atomic E-state index is 12.0. The molecule has 0 bridgehead atoms. The number of ketones is 1. The second-order valence-corrected chi connectivity index (χ2v) is 4.48. The number of methoxy groups -OCH3 is 2. The van der Waals surface area contributed by atoms with E-state index in [0.717, 1.165) is 19.3 Å². The zero-order valence-electron chi connectivity index (χ0n) is 11.1. The van der Waals surface area contributed by atoms with Crippen LogP contribution < -0.4 is 9.47 Å². The predicted octanol–water partition coefficient (Wildman–Crippen LogP) is 4.12. The Balaban J connectivity index is 2.90. The van der Waals surface area contributed by atoms with Crippen molar-refractivity contribution in [2.45, 2.75) is 32.6 Å². The van der Waals surface area contributed by atoms with Crippen molar-refractivity contribution in [1.29, 1.82) is 0 Å². The van der Waals surface area contributed by atoms with Gasteiger partial charge < -0.3 is 9.47 Å². The number of carbonyl (C=O) groups excluding carboxylic acids is 1. The monoisotopic (exact) mass is 270 g/mol. The average molecular weight is 271 g/mol. The van der Waals surface area contributed by atoms with Crippen LogP contribution in [0, 0.1) is 0 Å². The molecule has 0 aliphatic carbocycles. The van der Waals surface area contributed by atoms with E-state index >= 15 is 0 Å². The second-order valence-electron chi connectivity index (χ2n) is 4.07. The molecular formula is C14H19ClO3. The summed E-state index contributed by atoms with van der Waals surface area (Å²) >= 11 is 6.06. The first-order valence-electron chi connectivity index (χ1n) is 6.08. The molecule has 0 spiro atoms.